The Hall–Kier alpha value is -2.66. The molecule has 2 heterocycles. The molecule has 4 rings (SSSR count). The Morgan fingerprint density at radius 1 is 1.08 bits per heavy atom. The van der Waals surface area contributed by atoms with Crippen molar-refractivity contribution >= 4 is 22.4 Å². The van der Waals surface area contributed by atoms with E-state index >= 15 is 0 Å². The molecular formula is C20H19N3OS. The summed E-state index contributed by atoms with van der Waals surface area (Å²) in [5, 5.41) is 3.23. The molecule has 0 aliphatic carbocycles. The van der Waals surface area contributed by atoms with E-state index in [2.05, 4.69) is 45.3 Å². The quantitative estimate of drug-likeness (QED) is 0.540. The van der Waals surface area contributed by atoms with Crippen molar-refractivity contribution in [3.8, 4) is 17.0 Å². The minimum absolute atomic E-state index is 0.833. The topological polar surface area (TPSA) is 39.9 Å². The smallest absolute Gasteiger partial charge is 0.118 e. The number of methoxy groups -OCH3 is 1. The molecule has 0 unspecified atom stereocenters. The Labute approximate surface area is 150 Å². The molecule has 0 atom stereocenters. The normalized spacial score (nSPS) is 11.2. The number of hydrogen-bond acceptors (Lipinski definition) is 4. The highest BCUT2D eigenvalue weighted by Gasteiger charge is 2.09. The van der Waals surface area contributed by atoms with Gasteiger partial charge in [-0.2, -0.15) is 0 Å². The minimum Gasteiger partial charge on any atom is -0.497 e. The summed E-state index contributed by atoms with van der Waals surface area (Å²) in [6.07, 6.45) is 0.833. The van der Waals surface area contributed by atoms with Gasteiger partial charge in [0.2, 0.25) is 0 Å². The van der Waals surface area contributed by atoms with Crippen molar-refractivity contribution in [1.82, 2.24) is 14.5 Å². The van der Waals surface area contributed by atoms with E-state index in [-0.39, 0.29) is 0 Å². The van der Waals surface area contributed by atoms with Crippen molar-refractivity contribution in [2.24, 2.45) is 7.05 Å². The number of fused-ring (bicyclic) bond motifs is 1. The average Bonchev–Trinajstić information content (AvgIpc) is 3.20. The van der Waals surface area contributed by atoms with Crippen LogP contribution in [-0.4, -0.2) is 21.6 Å². The van der Waals surface area contributed by atoms with Crippen LogP contribution in [0, 0.1) is 6.92 Å². The van der Waals surface area contributed by atoms with Gasteiger partial charge in [0.15, 0.2) is 0 Å². The van der Waals surface area contributed by atoms with Gasteiger partial charge in [-0.25, -0.2) is 9.97 Å². The maximum absolute atomic E-state index is 5.21. The molecule has 126 valence electrons. The zero-order valence-electron chi connectivity index (χ0n) is 14.5. The van der Waals surface area contributed by atoms with Gasteiger partial charge in [-0.05, 0) is 36.8 Å². The molecule has 0 aliphatic rings. The first-order valence-corrected chi connectivity index (χ1v) is 9.03. The third-order valence-electron chi connectivity index (χ3n) is 4.47. The Morgan fingerprint density at radius 3 is 2.64 bits per heavy atom. The monoisotopic (exact) mass is 349 g/mol. The van der Waals surface area contributed by atoms with Crippen molar-refractivity contribution in [2.45, 2.75) is 13.3 Å². The van der Waals surface area contributed by atoms with Gasteiger partial charge < -0.3 is 9.30 Å². The number of thiazole rings is 1. The highest BCUT2D eigenvalue weighted by Crippen LogP contribution is 2.27. The molecule has 4 nitrogen and oxygen atoms in total. The molecule has 5 heteroatoms. The van der Waals surface area contributed by atoms with E-state index in [4.69, 9.17) is 9.72 Å². The van der Waals surface area contributed by atoms with Crippen LogP contribution >= 0.6 is 11.3 Å². The third kappa shape index (κ3) is 3.03. The fraction of sp³-hybridized carbons (Fsp3) is 0.200. The second-order valence-electron chi connectivity index (χ2n) is 6.07. The Balaban J connectivity index is 1.59. The lowest BCUT2D eigenvalue weighted by molar-refractivity contribution is 0.414. The summed E-state index contributed by atoms with van der Waals surface area (Å²) < 4.78 is 7.31. The second-order valence-corrected chi connectivity index (χ2v) is 7.02. The van der Waals surface area contributed by atoms with Crippen molar-refractivity contribution in [3.05, 3.63) is 64.2 Å². The molecule has 0 bridgehead atoms. The highest BCUT2D eigenvalue weighted by atomic mass is 32.1. The predicted molar refractivity (Wildman–Crippen MR) is 102 cm³/mol. The lowest BCUT2D eigenvalue weighted by Crippen LogP contribution is -1.90. The first kappa shape index (κ1) is 15.8. The molecule has 0 radical (unpaired) electrons. The number of imidazole rings is 1. The molecule has 0 N–H and O–H groups in total. The van der Waals surface area contributed by atoms with Crippen LogP contribution < -0.4 is 4.74 Å². The van der Waals surface area contributed by atoms with Crippen molar-refractivity contribution < 1.29 is 4.74 Å². The molecule has 0 amide bonds. The first-order chi connectivity index (χ1) is 12.1. The van der Waals surface area contributed by atoms with Gasteiger partial charge in [0.25, 0.3) is 0 Å². The molecule has 2 aromatic carbocycles. The molecular weight excluding hydrogens is 330 g/mol. The third-order valence-corrected chi connectivity index (χ3v) is 5.32. The van der Waals surface area contributed by atoms with Crippen LogP contribution in [0.3, 0.4) is 0 Å². The van der Waals surface area contributed by atoms with E-state index in [9.17, 15) is 0 Å². The number of nitrogens with zero attached hydrogens (tertiary/aromatic N) is 3. The van der Waals surface area contributed by atoms with Crippen LogP contribution in [0.5, 0.6) is 5.75 Å². The molecule has 2 aromatic heterocycles. The maximum Gasteiger partial charge on any atom is 0.118 e. The number of benzene rings is 2. The standard InChI is InChI=1S/C20H19N3OS/c1-13-21-17-11-15(6-9-19(17)23(13)2)18-12-25-20(22-18)10-14-4-7-16(24-3)8-5-14/h4-9,11-12H,10H2,1-3H3. The molecule has 0 saturated carbocycles. The molecule has 0 fully saturated rings. The van der Waals surface area contributed by atoms with Crippen LogP contribution in [0.4, 0.5) is 0 Å². The Morgan fingerprint density at radius 2 is 1.88 bits per heavy atom. The van der Waals surface area contributed by atoms with Crippen LogP contribution in [-0.2, 0) is 13.5 Å². The van der Waals surface area contributed by atoms with Gasteiger partial charge in [-0.3, -0.25) is 0 Å². The summed E-state index contributed by atoms with van der Waals surface area (Å²) in [7, 11) is 3.72. The summed E-state index contributed by atoms with van der Waals surface area (Å²) in [5.41, 5.74) is 5.52. The number of hydrogen-bond donors (Lipinski definition) is 0. The van der Waals surface area contributed by atoms with Gasteiger partial charge in [0, 0.05) is 24.4 Å². The Bertz CT molecular complexity index is 1030. The van der Waals surface area contributed by atoms with E-state index in [0.717, 1.165) is 45.3 Å². The lowest BCUT2D eigenvalue weighted by atomic mass is 10.1. The average molecular weight is 349 g/mol. The van der Waals surface area contributed by atoms with Gasteiger partial charge in [0.1, 0.15) is 11.6 Å². The van der Waals surface area contributed by atoms with E-state index in [1.54, 1.807) is 18.4 Å². The number of ether oxygens (including phenoxy) is 1. The molecule has 25 heavy (non-hydrogen) atoms. The van der Waals surface area contributed by atoms with Gasteiger partial charge in [-0.15, -0.1) is 11.3 Å². The summed E-state index contributed by atoms with van der Waals surface area (Å²) >= 11 is 1.69. The minimum atomic E-state index is 0.833. The van der Waals surface area contributed by atoms with Crippen LogP contribution in [0.1, 0.15) is 16.4 Å². The largest absolute Gasteiger partial charge is 0.497 e. The molecule has 0 spiro atoms. The van der Waals surface area contributed by atoms with Crippen LogP contribution in [0.25, 0.3) is 22.3 Å². The lowest BCUT2D eigenvalue weighted by Gasteiger charge is -2.01. The molecule has 0 saturated heterocycles. The fourth-order valence-electron chi connectivity index (χ4n) is 2.92. The number of rotatable bonds is 4. The number of aryl methyl sites for hydroxylation is 2. The van der Waals surface area contributed by atoms with Crippen molar-refractivity contribution in [2.75, 3.05) is 7.11 Å². The second kappa shape index (κ2) is 6.33. The zero-order chi connectivity index (χ0) is 17.4. The van der Waals surface area contributed by atoms with E-state index in [1.165, 1.54) is 5.56 Å². The summed E-state index contributed by atoms with van der Waals surface area (Å²) in [4.78, 5) is 9.42. The van der Waals surface area contributed by atoms with Crippen molar-refractivity contribution in [1.29, 1.82) is 0 Å². The van der Waals surface area contributed by atoms with E-state index in [0.29, 0.717) is 0 Å². The molecule has 4 aromatic rings. The Kier molecular flexibility index (Phi) is 4.01. The maximum atomic E-state index is 5.21. The van der Waals surface area contributed by atoms with Gasteiger partial charge in [-0.1, -0.05) is 18.2 Å². The van der Waals surface area contributed by atoms with Crippen LogP contribution in [0.2, 0.25) is 0 Å². The zero-order valence-corrected chi connectivity index (χ0v) is 15.3. The van der Waals surface area contributed by atoms with E-state index < -0.39 is 0 Å². The summed E-state index contributed by atoms with van der Waals surface area (Å²) in [6, 6.07) is 14.5. The van der Waals surface area contributed by atoms with Crippen molar-refractivity contribution in [3.63, 3.8) is 0 Å². The predicted octanol–water partition coefficient (Wildman–Crippen LogP) is 4.60. The fourth-order valence-corrected chi connectivity index (χ4v) is 3.76. The molecule has 0 aliphatic heterocycles. The first-order valence-electron chi connectivity index (χ1n) is 8.15. The van der Waals surface area contributed by atoms with Crippen LogP contribution in [0.15, 0.2) is 47.8 Å². The van der Waals surface area contributed by atoms with Gasteiger partial charge >= 0.3 is 0 Å². The highest BCUT2D eigenvalue weighted by molar-refractivity contribution is 7.10. The SMILES string of the molecule is COc1ccc(Cc2nc(-c3ccc4c(c3)nc(C)n4C)cs2)cc1. The summed E-state index contributed by atoms with van der Waals surface area (Å²) in [6.45, 7) is 2.02. The summed E-state index contributed by atoms with van der Waals surface area (Å²) in [5.74, 6) is 1.90. The van der Waals surface area contributed by atoms with E-state index in [1.807, 2.05) is 26.1 Å². The van der Waals surface area contributed by atoms with Gasteiger partial charge in [0.05, 0.1) is 28.8 Å². The number of aromatic nitrogens is 3.